The summed E-state index contributed by atoms with van der Waals surface area (Å²) in [4.78, 5) is 53.0. The Balaban J connectivity index is 0.993. The van der Waals surface area contributed by atoms with Crippen molar-refractivity contribution in [3.8, 4) is 10.6 Å². The second-order valence-corrected chi connectivity index (χ2v) is 15.1. The van der Waals surface area contributed by atoms with Crippen molar-refractivity contribution in [1.29, 1.82) is 0 Å². The number of thiophene rings is 1. The van der Waals surface area contributed by atoms with Crippen molar-refractivity contribution in [2.75, 3.05) is 53.3 Å². The van der Waals surface area contributed by atoms with Crippen LogP contribution in [0, 0.1) is 24.0 Å². The van der Waals surface area contributed by atoms with Gasteiger partial charge in [-0.3, -0.25) is 19.4 Å². The first-order valence-electron chi connectivity index (χ1n) is 17.8. The average molecular weight is 789 g/mol. The van der Waals surface area contributed by atoms with Crippen LogP contribution < -0.4 is 20.4 Å². The zero-order valence-electron chi connectivity index (χ0n) is 29.8. The first-order chi connectivity index (χ1) is 26.8. The van der Waals surface area contributed by atoms with E-state index in [1.54, 1.807) is 48.5 Å². The van der Waals surface area contributed by atoms with Crippen LogP contribution in [0.1, 0.15) is 60.1 Å². The molecule has 3 aliphatic rings. The van der Waals surface area contributed by atoms with Crippen LogP contribution in [0.25, 0.3) is 10.6 Å². The molecule has 56 heavy (non-hydrogen) atoms. The van der Waals surface area contributed by atoms with Gasteiger partial charge in [-0.15, -0.1) is 11.3 Å². The third-order valence-electron chi connectivity index (χ3n) is 10.4. The summed E-state index contributed by atoms with van der Waals surface area (Å²) < 4.78 is 76.7. The first kappa shape index (κ1) is 37.2. The van der Waals surface area contributed by atoms with E-state index in [0.29, 0.717) is 40.2 Å². The number of aryl methyl sites for hydroxylation is 1. The van der Waals surface area contributed by atoms with Gasteiger partial charge in [-0.05, 0) is 86.8 Å². The summed E-state index contributed by atoms with van der Waals surface area (Å²) >= 11 is 0.650. The van der Waals surface area contributed by atoms with Crippen molar-refractivity contribution in [3.63, 3.8) is 0 Å². The Bertz CT molecular complexity index is 2370. The molecule has 2 aromatic carbocycles. The molecule has 0 radical (unpaired) electrons. The number of ether oxygens (including phenoxy) is 1. The van der Waals surface area contributed by atoms with Crippen LogP contribution in [-0.4, -0.2) is 60.5 Å². The summed E-state index contributed by atoms with van der Waals surface area (Å²) in [6.45, 7) is 4.92. The molecule has 2 fully saturated rings. The molecule has 16 heteroatoms. The molecule has 1 spiro atoms. The standard InChI is InChI=1S/C40H33F5N6O4S/c1-22-7-12-26(35(47-22)50-20-39(21-50)14-18-55-19-15-39)36(52)48-24-10-8-23(9-11-24)38(54)51-17-13-25-30(42)34(56-33(25)32-29(51)6-3-16-46-32)37(53)49-31-27(40(43,44)45)4-2-5-28(31)41/h2-12,16H,13-15,17-21H2,1H3,(H,48,52)(H,49,53). The molecule has 288 valence electrons. The van der Waals surface area contributed by atoms with Gasteiger partial charge in [0.2, 0.25) is 0 Å². The molecule has 0 atom stereocenters. The van der Waals surface area contributed by atoms with Crippen molar-refractivity contribution in [3.05, 3.63) is 117 Å². The molecule has 0 saturated carbocycles. The lowest BCUT2D eigenvalue weighted by Crippen LogP contribution is -2.59. The SMILES string of the molecule is Cc1ccc(C(=O)Nc2ccc(C(=O)N3CCc4c(sc(C(=O)Nc5c(F)cccc5C(F)(F)F)c4F)-c4ncccc43)cc2)c(N2CC3(CCOCC3)C2)n1. The van der Waals surface area contributed by atoms with E-state index in [1.807, 2.05) is 12.2 Å². The Morgan fingerprint density at radius 2 is 1.66 bits per heavy atom. The Labute approximate surface area is 321 Å². The van der Waals surface area contributed by atoms with Crippen molar-refractivity contribution in [2.45, 2.75) is 32.4 Å². The van der Waals surface area contributed by atoms with E-state index < -0.39 is 45.8 Å². The normalized spacial score (nSPS) is 16.0. The zero-order chi connectivity index (χ0) is 39.4. The number of nitrogens with one attached hydrogen (secondary N) is 2. The van der Waals surface area contributed by atoms with E-state index in [4.69, 9.17) is 9.72 Å². The number of nitrogens with zero attached hydrogens (tertiary/aromatic N) is 4. The molecular formula is C40H33F5N6O4S. The Morgan fingerprint density at radius 3 is 2.39 bits per heavy atom. The largest absolute Gasteiger partial charge is 0.418 e. The molecule has 2 saturated heterocycles. The van der Waals surface area contributed by atoms with E-state index >= 15 is 4.39 Å². The number of hydrogen-bond acceptors (Lipinski definition) is 8. The fraction of sp³-hybridized carbons (Fsp3) is 0.275. The van der Waals surface area contributed by atoms with Gasteiger partial charge >= 0.3 is 6.18 Å². The maximum atomic E-state index is 16.0. The van der Waals surface area contributed by atoms with Gasteiger partial charge in [-0.1, -0.05) is 6.07 Å². The molecule has 0 unspecified atom stereocenters. The van der Waals surface area contributed by atoms with Crippen molar-refractivity contribution >= 4 is 51.9 Å². The molecule has 10 nitrogen and oxygen atoms in total. The second-order valence-electron chi connectivity index (χ2n) is 14.1. The Hall–Kier alpha value is -5.74. The van der Waals surface area contributed by atoms with Crippen molar-refractivity contribution < 1.29 is 41.1 Å². The van der Waals surface area contributed by atoms with Gasteiger partial charge in [-0.2, -0.15) is 13.2 Å². The third-order valence-corrected chi connectivity index (χ3v) is 11.6. The summed E-state index contributed by atoms with van der Waals surface area (Å²) in [6, 6.07) is 15.3. The summed E-state index contributed by atoms with van der Waals surface area (Å²) in [5.41, 5.74) is 0.171. The van der Waals surface area contributed by atoms with Gasteiger partial charge < -0.3 is 25.2 Å². The van der Waals surface area contributed by atoms with Gasteiger partial charge in [0.25, 0.3) is 17.7 Å². The van der Waals surface area contributed by atoms with E-state index in [-0.39, 0.29) is 46.0 Å². The number of anilines is 4. The maximum Gasteiger partial charge on any atom is 0.418 e. The van der Waals surface area contributed by atoms with Gasteiger partial charge in [0.05, 0.1) is 27.4 Å². The predicted octanol–water partition coefficient (Wildman–Crippen LogP) is 8.13. The molecular weight excluding hydrogens is 756 g/mol. The van der Waals surface area contributed by atoms with Crippen LogP contribution in [-0.2, 0) is 17.3 Å². The summed E-state index contributed by atoms with van der Waals surface area (Å²) in [7, 11) is 0. The molecule has 3 amide bonds. The highest BCUT2D eigenvalue weighted by Gasteiger charge is 2.45. The number of aromatic nitrogens is 2. The molecule has 8 rings (SSSR count). The minimum Gasteiger partial charge on any atom is -0.381 e. The minimum atomic E-state index is -4.98. The van der Waals surface area contributed by atoms with Crippen molar-refractivity contribution in [1.82, 2.24) is 9.97 Å². The molecule has 5 aromatic rings. The number of para-hydroxylation sites is 1. The topological polar surface area (TPSA) is 117 Å². The number of fused-ring (bicyclic) bond motifs is 3. The molecule has 0 aliphatic carbocycles. The fourth-order valence-corrected chi connectivity index (χ4v) is 8.58. The summed E-state index contributed by atoms with van der Waals surface area (Å²) in [6.07, 6.45) is -1.66. The number of carbonyl (C=O) groups is 3. The molecule has 0 bridgehead atoms. The number of benzene rings is 2. The van der Waals surface area contributed by atoms with E-state index in [0.717, 1.165) is 57.0 Å². The highest BCUT2D eigenvalue weighted by Crippen LogP contribution is 2.44. The number of carbonyl (C=O) groups excluding carboxylic acids is 3. The maximum absolute atomic E-state index is 16.0. The zero-order valence-corrected chi connectivity index (χ0v) is 30.6. The number of hydrogen-bond donors (Lipinski definition) is 2. The van der Waals surface area contributed by atoms with Gasteiger partial charge in [0, 0.05) is 67.0 Å². The minimum absolute atomic E-state index is 0.0305. The lowest BCUT2D eigenvalue weighted by molar-refractivity contribution is -0.137. The highest BCUT2D eigenvalue weighted by molar-refractivity contribution is 7.17. The number of pyridine rings is 2. The van der Waals surface area contributed by atoms with Crippen molar-refractivity contribution in [2.24, 2.45) is 5.41 Å². The highest BCUT2D eigenvalue weighted by atomic mass is 32.1. The number of halogens is 5. The number of rotatable bonds is 6. The molecule has 3 aliphatic heterocycles. The smallest absolute Gasteiger partial charge is 0.381 e. The van der Waals surface area contributed by atoms with Gasteiger partial charge in [-0.25, -0.2) is 13.8 Å². The van der Waals surface area contributed by atoms with Crippen LogP contribution >= 0.6 is 11.3 Å². The van der Waals surface area contributed by atoms with E-state index in [9.17, 15) is 31.9 Å². The Morgan fingerprint density at radius 1 is 0.911 bits per heavy atom. The van der Waals surface area contributed by atoms with E-state index in [1.165, 1.54) is 11.1 Å². The van der Waals surface area contributed by atoms with Crippen LogP contribution in [0.5, 0.6) is 0 Å². The number of alkyl halides is 3. The monoisotopic (exact) mass is 788 g/mol. The van der Waals surface area contributed by atoms with E-state index in [2.05, 4.69) is 15.2 Å². The lowest BCUT2D eigenvalue weighted by atomic mass is 9.73. The molecule has 6 heterocycles. The molecule has 3 aromatic heterocycles. The predicted molar refractivity (Wildman–Crippen MR) is 200 cm³/mol. The molecule has 2 N–H and O–H groups in total. The van der Waals surface area contributed by atoms with Crippen LogP contribution in [0.2, 0.25) is 0 Å². The second kappa shape index (κ2) is 14.4. The first-order valence-corrected chi connectivity index (χ1v) is 18.6. The average Bonchev–Trinajstić information content (AvgIpc) is 3.40. The lowest BCUT2D eigenvalue weighted by Gasteiger charge is -2.53. The van der Waals surface area contributed by atoms with Crippen LogP contribution in [0.15, 0.2) is 72.9 Å². The van der Waals surface area contributed by atoms with Gasteiger partial charge in [0.1, 0.15) is 22.2 Å². The fourth-order valence-electron chi connectivity index (χ4n) is 7.45. The summed E-state index contributed by atoms with van der Waals surface area (Å²) in [5.74, 6) is -3.74. The van der Waals surface area contributed by atoms with Gasteiger partial charge in [0.15, 0.2) is 5.82 Å². The summed E-state index contributed by atoms with van der Waals surface area (Å²) in [5, 5.41) is 4.82. The van der Waals surface area contributed by atoms with Crippen LogP contribution in [0.4, 0.5) is 44.8 Å². The third kappa shape index (κ3) is 6.87. The number of amides is 3. The Kier molecular flexibility index (Phi) is 9.56. The van der Waals surface area contributed by atoms with Crippen LogP contribution in [0.3, 0.4) is 0 Å². The quantitative estimate of drug-likeness (QED) is 0.167.